The average molecular weight is 305 g/mol. The van der Waals surface area contributed by atoms with Crippen molar-refractivity contribution in [3.8, 4) is 0 Å². The van der Waals surface area contributed by atoms with E-state index >= 15 is 0 Å². The summed E-state index contributed by atoms with van der Waals surface area (Å²) < 4.78 is 26.8. The summed E-state index contributed by atoms with van der Waals surface area (Å²) in [5, 5.41) is 4.20. The molecule has 0 spiro atoms. The Morgan fingerprint density at radius 3 is 2.90 bits per heavy atom. The highest BCUT2D eigenvalue weighted by Gasteiger charge is 2.24. The fourth-order valence-corrected chi connectivity index (χ4v) is 4.26. The molecule has 0 amide bonds. The minimum Gasteiger partial charge on any atom is -0.315 e. The van der Waals surface area contributed by atoms with E-state index in [0.29, 0.717) is 19.6 Å². The minimum absolute atomic E-state index is 0.0152. The van der Waals surface area contributed by atoms with E-state index in [1.165, 1.54) is 0 Å². The first-order chi connectivity index (χ1) is 10.2. The number of hydrogen-bond acceptors (Lipinski definition) is 4. The van der Waals surface area contributed by atoms with E-state index in [0.717, 1.165) is 29.4 Å². The fourth-order valence-electron chi connectivity index (χ4n) is 2.67. The Kier molecular flexibility index (Phi) is 4.19. The van der Waals surface area contributed by atoms with Crippen molar-refractivity contribution in [1.82, 2.24) is 14.6 Å². The Morgan fingerprint density at radius 1 is 1.14 bits per heavy atom. The second-order valence-corrected chi connectivity index (χ2v) is 7.22. The Morgan fingerprint density at radius 2 is 2.00 bits per heavy atom. The van der Waals surface area contributed by atoms with E-state index in [-0.39, 0.29) is 5.75 Å². The number of rotatable bonds is 3. The Bertz CT molecular complexity index is 717. The molecule has 0 aliphatic carbocycles. The number of sulfonamides is 1. The average Bonchev–Trinajstić information content (AvgIpc) is 2.77. The van der Waals surface area contributed by atoms with Crippen molar-refractivity contribution in [3.63, 3.8) is 0 Å². The zero-order chi connectivity index (χ0) is 14.7. The summed E-state index contributed by atoms with van der Waals surface area (Å²) in [5.41, 5.74) is 1.54. The summed E-state index contributed by atoms with van der Waals surface area (Å²) >= 11 is 0. The normalized spacial score (nSPS) is 17.7. The molecule has 0 saturated carbocycles. The van der Waals surface area contributed by atoms with Gasteiger partial charge in [0.05, 0.1) is 11.3 Å². The first-order valence-electron chi connectivity index (χ1n) is 7.18. The molecule has 2 aromatic rings. The Labute approximate surface area is 125 Å². The standard InChI is InChI=1S/C15H19N3O2S/c19-21(20,18-10-3-7-16-9-11-18)12-14-5-1-4-13-6-2-8-17-15(13)14/h1-2,4-6,8,16H,3,7,9-12H2. The van der Waals surface area contributed by atoms with Gasteiger partial charge in [0.15, 0.2) is 0 Å². The molecule has 2 heterocycles. The van der Waals surface area contributed by atoms with Gasteiger partial charge in [-0.1, -0.05) is 24.3 Å². The molecule has 0 bridgehead atoms. The third kappa shape index (κ3) is 3.23. The number of hydrogen-bond donors (Lipinski definition) is 1. The van der Waals surface area contributed by atoms with Crippen molar-refractivity contribution in [3.05, 3.63) is 42.1 Å². The summed E-state index contributed by atoms with van der Waals surface area (Å²) in [5.74, 6) is 0.0152. The molecule has 0 radical (unpaired) electrons. The summed E-state index contributed by atoms with van der Waals surface area (Å²) in [6.45, 7) is 2.73. The molecule has 5 nitrogen and oxygen atoms in total. The topological polar surface area (TPSA) is 62.3 Å². The molecule has 1 aromatic heterocycles. The van der Waals surface area contributed by atoms with Crippen LogP contribution in [0.5, 0.6) is 0 Å². The third-order valence-corrected chi connectivity index (χ3v) is 5.57. The van der Waals surface area contributed by atoms with Crippen LogP contribution in [0.3, 0.4) is 0 Å². The highest BCUT2D eigenvalue weighted by atomic mass is 32.2. The lowest BCUT2D eigenvalue weighted by molar-refractivity contribution is 0.431. The van der Waals surface area contributed by atoms with Crippen LogP contribution in [0.1, 0.15) is 12.0 Å². The zero-order valence-electron chi connectivity index (χ0n) is 11.8. The Balaban J connectivity index is 1.90. The van der Waals surface area contributed by atoms with Crippen molar-refractivity contribution in [2.75, 3.05) is 26.2 Å². The van der Waals surface area contributed by atoms with Gasteiger partial charge in [0, 0.05) is 31.2 Å². The van der Waals surface area contributed by atoms with Gasteiger partial charge in [-0.2, -0.15) is 0 Å². The monoisotopic (exact) mass is 305 g/mol. The van der Waals surface area contributed by atoms with Gasteiger partial charge >= 0.3 is 0 Å². The van der Waals surface area contributed by atoms with Gasteiger partial charge < -0.3 is 5.32 Å². The second-order valence-electron chi connectivity index (χ2n) is 5.25. The molecular weight excluding hydrogens is 286 g/mol. The number of pyridine rings is 1. The predicted octanol–water partition coefficient (Wildman–Crippen LogP) is 1.36. The highest BCUT2D eigenvalue weighted by molar-refractivity contribution is 7.88. The fraction of sp³-hybridized carbons (Fsp3) is 0.400. The Hall–Kier alpha value is -1.50. The van der Waals surface area contributed by atoms with Gasteiger partial charge in [-0.05, 0) is 24.6 Å². The maximum Gasteiger partial charge on any atom is 0.218 e. The van der Waals surface area contributed by atoms with Gasteiger partial charge in [-0.15, -0.1) is 0 Å². The van der Waals surface area contributed by atoms with Crippen LogP contribution in [0.2, 0.25) is 0 Å². The van der Waals surface area contributed by atoms with Crippen LogP contribution in [-0.2, 0) is 15.8 Å². The maximum absolute atomic E-state index is 12.6. The van der Waals surface area contributed by atoms with Crippen molar-refractivity contribution >= 4 is 20.9 Å². The van der Waals surface area contributed by atoms with E-state index in [4.69, 9.17) is 0 Å². The molecule has 6 heteroatoms. The zero-order valence-corrected chi connectivity index (χ0v) is 12.6. The van der Waals surface area contributed by atoms with Gasteiger partial charge in [0.2, 0.25) is 10.0 Å². The number of aromatic nitrogens is 1. The van der Waals surface area contributed by atoms with Crippen LogP contribution in [0, 0.1) is 0 Å². The van der Waals surface area contributed by atoms with Crippen LogP contribution in [0.15, 0.2) is 36.5 Å². The highest BCUT2D eigenvalue weighted by Crippen LogP contribution is 2.20. The third-order valence-electron chi connectivity index (χ3n) is 3.75. The number of nitrogens with one attached hydrogen (secondary N) is 1. The van der Waals surface area contributed by atoms with Gasteiger partial charge in [0.1, 0.15) is 0 Å². The molecular formula is C15H19N3O2S. The number of nitrogens with zero attached hydrogens (tertiary/aromatic N) is 2. The predicted molar refractivity (Wildman–Crippen MR) is 83.4 cm³/mol. The quantitative estimate of drug-likeness (QED) is 0.930. The lowest BCUT2D eigenvalue weighted by Gasteiger charge is -2.19. The van der Waals surface area contributed by atoms with Crippen molar-refractivity contribution in [1.29, 1.82) is 0 Å². The summed E-state index contributed by atoms with van der Waals surface area (Å²) in [4.78, 5) is 4.33. The van der Waals surface area contributed by atoms with E-state index in [2.05, 4.69) is 10.3 Å². The summed E-state index contributed by atoms with van der Waals surface area (Å²) in [6.07, 6.45) is 2.56. The second kappa shape index (κ2) is 6.09. The molecule has 1 saturated heterocycles. The van der Waals surface area contributed by atoms with E-state index < -0.39 is 10.0 Å². The van der Waals surface area contributed by atoms with E-state index in [9.17, 15) is 8.42 Å². The van der Waals surface area contributed by atoms with Crippen molar-refractivity contribution < 1.29 is 8.42 Å². The SMILES string of the molecule is O=S(=O)(Cc1cccc2cccnc12)N1CCCNCC1. The smallest absolute Gasteiger partial charge is 0.218 e. The molecule has 0 atom stereocenters. The first-order valence-corrected chi connectivity index (χ1v) is 8.79. The van der Waals surface area contributed by atoms with E-state index in [1.54, 1.807) is 10.5 Å². The largest absolute Gasteiger partial charge is 0.315 e. The molecule has 0 unspecified atom stereocenters. The number of para-hydroxylation sites is 1. The molecule has 21 heavy (non-hydrogen) atoms. The maximum atomic E-state index is 12.6. The van der Waals surface area contributed by atoms with Crippen LogP contribution in [0.25, 0.3) is 10.9 Å². The molecule has 1 N–H and O–H groups in total. The minimum atomic E-state index is -3.30. The lowest BCUT2D eigenvalue weighted by atomic mass is 10.1. The molecule has 1 aliphatic rings. The van der Waals surface area contributed by atoms with Crippen molar-refractivity contribution in [2.45, 2.75) is 12.2 Å². The van der Waals surface area contributed by atoms with Crippen LogP contribution < -0.4 is 5.32 Å². The number of benzene rings is 1. The molecule has 1 fully saturated rings. The van der Waals surface area contributed by atoms with Crippen LogP contribution >= 0.6 is 0 Å². The molecule has 3 rings (SSSR count). The van der Waals surface area contributed by atoms with Crippen LogP contribution in [-0.4, -0.2) is 43.9 Å². The molecule has 1 aromatic carbocycles. The van der Waals surface area contributed by atoms with E-state index in [1.807, 2.05) is 30.3 Å². The molecule has 112 valence electrons. The summed E-state index contributed by atoms with van der Waals surface area (Å²) in [6, 6.07) is 9.51. The van der Waals surface area contributed by atoms with Gasteiger partial charge in [0.25, 0.3) is 0 Å². The van der Waals surface area contributed by atoms with Gasteiger partial charge in [-0.25, -0.2) is 12.7 Å². The van der Waals surface area contributed by atoms with Crippen LogP contribution in [0.4, 0.5) is 0 Å². The number of fused-ring (bicyclic) bond motifs is 1. The lowest BCUT2D eigenvalue weighted by Crippen LogP contribution is -2.35. The van der Waals surface area contributed by atoms with Crippen molar-refractivity contribution in [2.24, 2.45) is 0 Å². The molecule has 1 aliphatic heterocycles. The first kappa shape index (κ1) is 14.4. The van der Waals surface area contributed by atoms with Gasteiger partial charge in [-0.3, -0.25) is 4.98 Å². The summed E-state index contributed by atoms with van der Waals surface area (Å²) in [7, 11) is -3.30.